The lowest BCUT2D eigenvalue weighted by atomic mass is 10.2. The molecule has 29 heavy (non-hydrogen) atoms. The molecule has 7 heteroatoms. The van der Waals surface area contributed by atoms with Crippen molar-refractivity contribution in [3.8, 4) is 0 Å². The van der Waals surface area contributed by atoms with Crippen LogP contribution >= 0.6 is 11.8 Å². The van der Waals surface area contributed by atoms with Gasteiger partial charge in [0.15, 0.2) is 0 Å². The molecule has 1 aromatic heterocycles. The molecule has 6 nitrogen and oxygen atoms in total. The van der Waals surface area contributed by atoms with Crippen molar-refractivity contribution in [3.05, 3.63) is 66.0 Å². The lowest BCUT2D eigenvalue weighted by Gasteiger charge is -2.25. The summed E-state index contributed by atoms with van der Waals surface area (Å²) in [6.07, 6.45) is 0. The number of morpholine rings is 1. The Bertz CT molecular complexity index is 962. The number of para-hydroxylation sites is 1. The van der Waals surface area contributed by atoms with Crippen molar-refractivity contribution in [3.63, 3.8) is 0 Å². The third kappa shape index (κ3) is 5.32. The van der Waals surface area contributed by atoms with Gasteiger partial charge in [0.2, 0.25) is 0 Å². The predicted molar refractivity (Wildman–Crippen MR) is 113 cm³/mol. The topological polar surface area (TPSA) is 64.5 Å². The molecule has 0 N–H and O–H groups in total. The maximum Gasteiger partial charge on any atom is 0.338 e. The molecule has 0 radical (unpaired) electrons. The second-order valence-corrected chi connectivity index (χ2v) is 7.78. The fraction of sp³-hybridized carbons (Fsp3) is 0.318. The van der Waals surface area contributed by atoms with Crippen LogP contribution in [-0.4, -0.2) is 59.5 Å². The summed E-state index contributed by atoms with van der Waals surface area (Å²) in [5.74, 6) is 1.15. The monoisotopic (exact) mass is 409 g/mol. The zero-order valence-corrected chi connectivity index (χ0v) is 16.9. The number of hydrogen-bond acceptors (Lipinski definition) is 7. The fourth-order valence-corrected chi connectivity index (χ4v) is 4.02. The zero-order chi connectivity index (χ0) is 19.9. The first-order valence-electron chi connectivity index (χ1n) is 9.70. The highest BCUT2D eigenvalue weighted by Gasteiger charge is 2.15. The maximum atomic E-state index is 12.1. The highest BCUT2D eigenvalue weighted by atomic mass is 32.2. The van der Waals surface area contributed by atoms with Crippen LogP contribution in [-0.2, 0) is 16.0 Å². The smallest absolute Gasteiger partial charge is 0.338 e. The number of carbonyl (C=O) groups is 1. The van der Waals surface area contributed by atoms with Crippen LogP contribution < -0.4 is 0 Å². The van der Waals surface area contributed by atoms with E-state index in [0.29, 0.717) is 24.5 Å². The standard InChI is InChI=1S/C22H23N3O3S/c26-22(17-6-2-1-3-7-17)28-14-15-29-21-18-8-4-5-9-19(18)23-20(24-21)16-25-10-12-27-13-11-25/h1-9H,10-16H2. The van der Waals surface area contributed by atoms with Crippen LogP contribution in [0.4, 0.5) is 0 Å². The van der Waals surface area contributed by atoms with E-state index in [1.807, 2.05) is 42.5 Å². The lowest BCUT2D eigenvalue weighted by molar-refractivity contribution is 0.0330. The molecule has 1 fully saturated rings. The van der Waals surface area contributed by atoms with E-state index in [4.69, 9.17) is 19.4 Å². The van der Waals surface area contributed by atoms with Gasteiger partial charge in [-0.25, -0.2) is 14.8 Å². The summed E-state index contributed by atoms with van der Waals surface area (Å²) in [5, 5.41) is 1.95. The third-order valence-electron chi connectivity index (χ3n) is 4.65. The summed E-state index contributed by atoms with van der Waals surface area (Å²) in [5.41, 5.74) is 1.51. The van der Waals surface area contributed by atoms with E-state index in [9.17, 15) is 4.79 Å². The van der Waals surface area contributed by atoms with Crippen molar-refractivity contribution in [2.45, 2.75) is 11.6 Å². The van der Waals surface area contributed by atoms with E-state index < -0.39 is 0 Å². The average Bonchev–Trinajstić information content (AvgIpc) is 2.78. The molecule has 0 aliphatic carbocycles. The van der Waals surface area contributed by atoms with Crippen molar-refractivity contribution >= 4 is 28.6 Å². The molecule has 2 heterocycles. The Kier molecular flexibility index (Phi) is 6.71. The van der Waals surface area contributed by atoms with Gasteiger partial charge in [0.1, 0.15) is 17.5 Å². The number of esters is 1. The number of fused-ring (bicyclic) bond motifs is 1. The van der Waals surface area contributed by atoms with Gasteiger partial charge in [-0.15, -0.1) is 11.8 Å². The maximum absolute atomic E-state index is 12.1. The quantitative estimate of drug-likeness (QED) is 0.256. The number of nitrogens with zero attached hydrogens (tertiary/aromatic N) is 3. The van der Waals surface area contributed by atoms with Crippen molar-refractivity contribution in [2.75, 3.05) is 38.7 Å². The largest absolute Gasteiger partial charge is 0.461 e. The number of aromatic nitrogens is 2. The minimum atomic E-state index is -0.299. The summed E-state index contributed by atoms with van der Waals surface area (Å²) in [6, 6.07) is 17.1. The number of hydrogen-bond donors (Lipinski definition) is 0. The van der Waals surface area contributed by atoms with Gasteiger partial charge in [0.25, 0.3) is 0 Å². The average molecular weight is 410 g/mol. The van der Waals surface area contributed by atoms with Crippen molar-refractivity contribution < 1.29 is 14.3 Å². The molecule has 0 bridgehead atoms. The van der Waals surface area contributed by atoms with Gasteiger partial charge in [-0.3, -0.25) is 4.90 Å². The Labute approximate surface area is 174 Å². The van der Waals surface area contributed by atoms with E-state index in [1.54, 1.807) is 23.9 Å². The van der Waals surface area contributed by atoms with Crippen LogP contribution in [0.25, 0.3) is 10.9 Å². The highest BCUT2D eigenvalue weighted by molar-refractivity contribution is 7.99. The van der Waals surface area contributed by atoms with Crippen molar-refractivity contribution in [1.29, 1.82) is 0 Å². The van der Waals surface area contributed by atoms with Crippen LogP contribution in [0.2, 0.25) is 0 Å². The van der Waals surface area contributed by atoms with Crippen LogP contribution in [0.1, 0.15) is 16.2 Å². The second-order valence-electron chi connectivity index (χ2n) is 6.70. The minimum Gasteiger partial charge on any atom is -0.461 e. The Balaban J connectivity index is 1.41. The van der Waals surface area contributed by atoms with Crippen LogP contribution in [0.5, 0.6) is 0 Å². The highest BCUT2D eigenvalue weighted by Crippen LogP contribution is 2.25. The number of benzene rings is 2. The first-order valence-corrected chi connectivity index (χ1v) is 10.7. The number of ether oxygens (including phenoxy) is 2. The number of carbonyl (C=O) groups excluding carboxylic acids is 1. The Morgan fingerprint density at radius 1 is 1.03 bits per heavy atom. The van der Waals surface area contributed by atoms with Crippen molar-refractivity contribution in [1.82, 2.24) is 14.9 Å². The lowest BCUT2D eigenvalue weighted by Crippen LogP contribution is -2.36. The van der Waals surface area contributed by atoms with Crippen LogP contribution in [0, 0.1) is 0 Å². The summed E-state index contributed by atoms with van der Waals surface area (Å²) in [7, 11) is 0. The molecule has 0 amide bonds. The van der Waals surface area contributed by atoms with Gasteiger partial charge >= 0.3 is 5.97 Å². The molecule has 150 valence electrons. The summed E-state index contributed by atoms with van der Waals surface area (Å²) >= 11 is 1.59. The Morgan fingerprint density at radius 2 is 1.79 bits per heavy atom. The third-order valence-corrected chi connectivity index (χ3v) is 5.60. The minimum absolute atomic E-state index is 0.299. The van der Waals surface area contributed by atoms with E-state index in [0.717, 1.165) is 48.1 Å². The predicted octanol–water partition coefficient (Wildman–Crippen LogP) is 3.41. The molecule has 2 aromatic carbocycles. The molecular formula is C22H23N3O3S. The van der Waals surface area contributed by atoms with Gasteiger partial charge in [-0.05, 0) is 18.2 Å². The summed E-state index contributed by atoms with van der Waals surface area (Å²) in [6.45, 7) is 4.34. The van der Waals surface area contributed by atoms with E-state index in [-0.39, 0.29) is 5.97 Å². The van der Waals surface area contributed by atoms with Gasteiger partial charge < -0.3 is 9.47 Å². The molecule has 1 aliphatic heterocycles. The van der Waals surface area contributed by atoms with Gasteiger partial charge in [-0.2, -0.15) is 0 Å². The van der Waals surface area contributed by atoms with Crippen LogP contribution in [0.15, 0.2) is 59.6 Å². The molecule has 1 saturated heterocycles. The van der Waals surface area contributed by atoms with Crippen LogP contribution in [0.3, 0.4) is 0 Å². The molecule has 4 rings (SSSR count). The van der Waals surface area contributed by atoms with Gasteiger partial charge in [0, 0.05) is 24.2 Å². The first kappa shape index (κ1) is 19.8. The Hall–Kier alpha value is -2.48. The fourth-order valence-electron chi connectivity index (χ4n) is 3.16. The molecule has 0 spiro atoms. The van der Waals surface area contributed by atoms with Gasteiger partial charge in [0.05, 0.1) is 30.8 Å². The molecule has 0 unspecified atom stereocenters. The Morgan fingerprint density at radius 3 is 2.62 bits per heavy atom. The summed E-state index contributed by atoms with van der Waals surface area (Å²) < 4.78 is 10.8. The molecule has 0 saturated carbocycles. The SMILES string of the molecule is O=C(OCCSc1nc(CN2CCOCC2)nc2ccccc12)c1ccccc1. The molecular weight excluding hydrogens is 386 g/mol. The molecule has 1 aliphatic rings. The number of rotatable bonds is 7. The summed E-state index contributed by atoms with van der Waals surface area (Å²) in [4.78, 5) is 23.9. The van der Waals surface area contributed by atoms with Crippen molar-refractivity contribution in [2.24, 2.45) is 0 Å². The van der Waals surface area contributed by atoms with E-state index >= 15 is 0 Å². The molecule has 3 aromatic rings. The molecule has 0 atom stereocenters. The zero-order valence-electron chi connectivity index (χ0n) is 16.1. The first-order chi connectivity index (χ1) is 14.3. The van der Waals surface area contributed by atoms with E-state index in [2.05, 4.69) is 4.90 Å². The number of thioether (sulfide) groups is 1. The van der Waals surface area contributed by atoms with E-state index in [1.165, 1.54) is 0 Å². The normalized spacial score (nSPS) is 14.8. The van der Waals surface area contributed by atoms with Gasteiger partial charge in [-0.1, -0.05) is 36.4 Å². The second kappa shape index (κ2) is 9.82.